The Morgan fingerprint density at radius 2 is 2.02 bits per heavy atom. The SMILES string of the molecule is C[C@]1(c2cc(Cc3ncnc4cc(OCc5ncco5)cnc34)cnc2F)N=C(N)S[C@@]2([C@@H](O)C(F)(F)F)C[C@H]21. The number of aliphatic hydroxyl groups is 1. The molecule has 15 heteroatoms. The highest BCUT2D eigenvalue weighted by Crippen LogP contribution is 2.68. The number of halogens is 4. The monoisotopic (exact) mass is 575 g/mol. The average Bonchev–Trinajstić information content (AvgIpc) is 3.42. The highest BCUT2D eigenvalue weighted by Gasteiger charge is 2.74. The summed E-state index contributed by atoms with van der Waals surface area (Å²) in [6.07, 6.45) is -0.231. The van der Waals surface area contributed by atoms with Crippen LogP contribution in [0, 0.1) is 11.9 Å². The van der Waals surface area contributed by atoms with Crippen LogP contribution in [0.5, 0.6) is 5.75 Å². The molecule has 0 aromatic carbocycles. The molecule has 0 amide bonds. The van der Waals surface area contributed by atoms with Crippen molar-refractivity contribution in [3.63, 3.8) is 0 Å². The summed E-state index contributed by atoms with van der Waals surface area (Å²) in [5, 5.41) is 9.97. The summed E-state index contributed by atoms with van der Waals surface area (Å²) in [5.74, 6) is -0.850. The van der Waals surface area contributed by atoms with Crippen LogP contribution in [-0.2, 0) is 18.6 Å². The van der Waals surface area contributed by atoms with E-state index in [1.165, 1.54) is 44.2 Å². The average molecular weight is 576 g/mol. The number of nitrogens with two attached hydrogens (primary N) is 1. The molecule has 2 aliphatic rings. The Hall–Kier alpha value is -3.85. The van der Waals surface area contributed by atoms with Gasteiger partial charge in [0.1, 0.15) is 23.9 Å². The van der Waals surface area contributed by atoms with E-state index in [9.17, 15) is 18.3 Å². The van der Waals surface area contributed by atoms with E-state index < -0.39 is 34.4 Å². The number of nitrogens with zero attached hydrogens (tertiary/aromatic N) is 6. The largest absolute Gasteiger partial charge is 0.482 e. The quantitative estimate of drug-likeness (QED) is 0.247. The Morgan fingerprint density at radius 1 is 1.20 bits per heavy atom. The zero-order valence-electron chi connectivity index (χ0n) is 20.8. The predicted octanol–water partition coefficient (Wildman–Crippen LogP) is 3.68. The minimum Gasteiger partial charge on any atom is -0.482 e. The maximum Gasteiger partial charge on any atom is 0.415 e. The first kappa shape index (κ1) is 26.4. The van der Waals surface area contributed by atoms with Crippen LogP contribution in [0.3, 0.4) is 0 Å². The van der Waals surface area contributed by atoms with Crippen molar-refractivity contribution >= 4 is 28.0 Å². The van der Waals surface area contributed by atoms with Crippen LogP contribution in [0.2, 0.25) is 0 Å². The minimum atomic E-state index is -4.86. The van der Waals surface area contributed by atoms with E-state index in [4.69, 9.17) is 14.9 Å². The van der Waals surface area contributed by atoms with Gasteiger partial charge < -0.3 is 20.0 Å². The van der Waals surface area contributed by atoms with Crippen molar-refractivity contribution in [3.05, 3.63) is 72.0 Å². The maximum absolute atomic E-state index is 15.1. The summed E-state index contributed by atoms with van der Waals surface area (Å²) in [6, 6.07) is 3.18. The number of alkyl halides is 3. The Kier molecular flexibility index (Phi) is 6.18. The molecule has 1 aliphatic carbocycles. The summed E-state index contributed by atoms with van der Waals surface area (Å²) >= 11 is 0.683. The number of aliphatic hydroxyl groups excluding tert-OH is 1. The van der Waals surface area contributed by atoms with E-state index >= 15 is 4.39 Å². The molecule has 1 fully saturated rings. The number of thioether (sulfide) groups is 1. The fourth-order valence-corrected chi connectivity index (χ4v) is 6.74. The molecule has 5 heterocycles. The highest BCUT2D eigenvalue weighted by molar-refractivity contribution is 8.15. The van der Waals surface area contributed by atoms with E-state index in [2.05, 4.69) is 29.9 Å². The first-order chi connectivity index (χ1) is 19.0. The number of fused-ring (bicyclic) bond motifs is 2. The Balaban J connectivity index is 1.29. The number of pyridine rings is 2. The lowest BCUT2D eigenvalue weighted by Crippen LogP contribution is -2.47. The first-order valence-corrected chi connectivity index (χ1v) is 12.9. The van der Waals surface area contributed by atoms with E-state index in [1.54, 1.807) is 6.07 Å². The number of hydrogen-bond donors (Lipinski definition) is 2. The zero-order chi connectivity index (χ0) is 28.3. The van der Waals surface area contributed by atoms with Gasteiger partial charge in [0.25, 0.3) is 0 Å². The predicted molar refractivity (Wildman–Crippen MR) is 135 cm³/mol. The van der Waals surface area contributed by atoms with Gasteiger partial charge in [-0.1, -0.05) is 11.8 Å². The highest BCUT2D eigenvalue weighted by atomic mass is 32.2. The molecule has 4 aromatic heterocycles. The van der Waals surface area contributed by atoms with E-state index in [0.29, 0.717) is 45.7 Å². The van der Waals surface area contributed by atoms with Gasteiger partial charge in [-0.15, -0.1) is 0 Å². The normalized spacial score (nSPS) is 24.9. The second kappa shape index (κ2) is 9.37. The number of aromatic nitrogens is 5. The van der Waals surface area contributed by atoms with Crippen molar-refractivity contribution in [2.45, 2.75) is 48.9 Å². The van der Waals surface area contributed by atoms with Crippen molar-refractivity contribution in [2.75, 3.05) is 0 Å². The van der Waals surface area contributed by atoms with Crippen LogP contribution in [-0.4, -0.2) is 52.2 Å². The number of hydrogen-bond acceptors (Lipinski definition) is 11. The van der Waals surface area contributed by atoms with Gasteiger partial charge in [0, 0.05) is 30.2 Å². The molecule has 10 nitrogen and oxygen atoms in total. The molecule has 1 aliphatic heterocycles. The van der Waals surface area contributed by atoms with E-state index in [-0.39, 0.29) is 30.2 Å². The van der Waals surface area contributed by atoms with Crippen LogP contribution >= 0.6 is 11.8 Å². The lowest BCUT2D eigenvalue weighted by molar-refractivity contribution is -0.207. The van der Waals surface area contributed by atoms with Crippen molar-refractivity contribution in [1.82, 2.24) is 24.9 Å². The summed E-state index contributed by atoms with van der Waals surface area (Å²) in [6.45, 7) is 1.62. The molecule has 0 radical (unpaired) electrons. The standard InChI is InChI=1S/C25H21F4N7O3S/c1-23(17-7-24(17,40-22(30)36-23)21(37)25(27,28)29)14-4-12(8-33-20(14)26)5-15-19-16(35-11-34-15)6-13(9-32-19)39-10-18-31-2-3-38-18/h2-4,6,8-9,11,17,21,37H,5,7,10H2,1H3,(H2,30,36)/t17-,21+,23+,24-/m0/s1. The zero-order valence-corrected chi connectivity index (χ0v) is 21.6. The summed E-state index contributed by atoms with van der Waals surface area (Å²) in [5.41, 5.74) is 6.47. The third kappa shape index (κ3) is 4.52. The van der Waals surface area contributed by atoms with Gasteiger partial charge in [-0.05, 0) is 25.0 Å². The molecule has 0 spiro atoms. The lowest BCUT2D eigenvalue weighted by Gasteiger charge is -2.36. The Bertz CT molecular complexity index is 1620. The molecule has 0 unspecified atom stereocenters. The molecule has 0 bridgehead atoms. The molecule has 6 rings (SSSR count). The smallest absolute Gasteiger partial charge is 0.415 e. The molecule has 208 valence electrons. The van der Waals surface area contributed by atoms with Crippen molar-refractivity contribution in [1.29, 1.82) is 0 Å². The molecule has 3 N–H and O–H groups in total. The van der Waals surface area contributed by atoms with Crippen molar-refractivity contribution in [3.8, 4) is 5.75 Å². The number of oxazole rings is 1. The van der Waals surface area contributed by atoms with Gasteiger partial charge in [0.15, 0.2) is 17.9 Å². The molecule has 4 atom stereocenters. The number of rotatable bonds is 7. The summed E-state index contributed by atoms with van der Waals surface area (Å²) in [7, 11) is 0. The number of ether oxygens (including phenoxy) is 1. The van der Waals surface area contributed by atoms with Gasteiger partial charge in [-0.25, -0.2) is 24.9 Å². The second-order valence-corrected chi connectivity index (χ2v) is 11.2. The van der Waals surface area contributed by atoms with Gasteiger partial charge in [-0.3, -0.25) is 4.99 Å². The van der Waals surface area contributed by atoms with Gasteiger partial charge >= 0.3 is 6.18 Å². The van der Waals surface area contributed by atoms with Crippen LogP contribution in [0.15, 0.2) is 52.7 Å². The van der Waals surface area contributed by atoms with Crippen LogP contribution in [0.25, 0.3) is 11.0 Å². The topological polar surface area (TPSA) is 145 Å². The van der Waals surface area contributed by atoms with Gasteiger partial charge in [-0.2, -0.15) is 17.6 Å². The number of aliphatic imine (C=N–C) groups is 1. The molecule has 40 heavy (non-hydrogen) atoms. The van der Waals surface area contributed by atoms with Gasteiger partial charge in [0.2, 0.25) is 11.8 Å². The maximum atomic E-state index is 15.1. The van der Waals surface area contributed by atoms with Crippen LogP contribution in [0.4, 0.5) is 17.6 Å². The van der Waals surface area contributed by atoms with Crippen molar-refractivity contribution in [2.24, 2.45) is 16.6 Å². The molecule has 0 saturated heterocycles. The molecule has 1 saturated carbocycles. The lowest BCUT2D eigenvalue weighted by atomic mass is 9.85. The number of amidine groups is 1. The van der Waals surface area contributed by atoms with E-state index in [0.717, 1.165) is 0 Å². The fourth-order valence-electron chi connectivity index (χ4n) is 5.25. The Morgan fingerprint density at radius 3 is 2.77 bits per heavy atom. The third-order valence-corrected chi connectivity index (χ3v) is 8.58. The minimum absolute atomic E-state index is 0.0111. The van der Waals surface area contributed by atoms with E-state index in [1.807, 2.05) is 0 Å². The summed E-state index contributed by atoms with van der Waals surface area (Å²) in [4.78, 5) is 25.2. The van der Waals surface area contributed by atoms with Gasteiger partial charge in [0.05, 0.1) is 33.9 Å². The van der Waals surface area contributed by atoms with Crippen LogP contribution in [0.1, 0.15) is 36.1 Å². The third-order valence-electron chi connectivity index (χ3n) is 7.23. The second-order valence-electron chi connectivity index (χ2n) is 9.79. The molecular formula is C25H21F4N7O3S. The van der Waals surface area contributed by atoms with Crippen LogP contribution < -0.4 is 10.5 Å². The molecular weight excluding hydrogens is 554 g/mol. The fraction of sp³-hybridized carbons (Fsp3) is 0.360. The summed E-state index contributed by atoms with van der Waals surface area (Å²) < 4.78 is 64.7. The Labute approximate surface area is 228 Å². The first-order valence-electron chi connectivity index (χ1n) is 12.0. The molecule has 4 aromatic rings. The van der Waals surface area contributed by atoms with Crippen molar-refractivity contribution < 1.29 is 31.8 Å².